The van der Waals surface area contributed by atoms with Gasteiger partial charge in [-0.05, 0) is 12.8 Å². The molecule has 0 aromatic carbocycles. The van der Waals surface area contributed by atoms with Crippen LogP contribution in [0.4, 0.5) is 0 Å². The van der Waals surface area contributed by atoms with Gasteiger partial charge in [-0.1, -0.05) is 103 Å². The van der Waals surface area contributed by atoms with Gasteiger partial charge in [0, 0.05) is 19.3 Å². The van der Waals surface area contributed by atoms with E-state index in [1.807, 2.05) is 0 Å². The summed E-state index contributed by atoms with van der Waals surface area (Å²) >= 11 is 0. The molecule has 0 amide bonds. The van der Waals surface area contributed by atoms with Crippen molar-refractivity contribution in [2.24, 2.45) is 0 Å². The fraction of sp³-hybridized carbons (Fsp3) is 0.875. The van der Waals surface area contributed by atoms with Gasteiger partial charge in [-0.2, -0.15) is 0 Å². The Bertz CT molecular complexity index is 379. The minimum Gasteiger partial charge on any atom is -0.481 e. The van der Waals surface area contributed by atoms with Crippen LogP contribution in [-0.4, -0.2) is 33.2 Å². The van der Waals surface area contributed by atoms with Crippen LogP contribution < -0.4 is 0 Å². The predicted octanol–water partition coefficient (Wildman–Crippen LogP) is 7.05. The number of carboxylic acid groups (broad SMARTS) is 3. The van der Waals surface area contributed by atoms with E-state index < -0.39 is 17.9 Å². The largest absolute Gasteiger partial charge is 0.481 e. The van der Waals surface area contributed by atoms with Crippen molar-refractivity contribution in [3.05, 3.63) is 0 Å². The fourth-order valence-corrected chi connectivity index (χ4v) is 3.20. The summed E-state index contributed by atoms with van der Waals surface area (Å²) in [7, 11) is 0. The molecule has 0 unspecified atom stereocenters. The van der Waals surface area contributed by atoms with Gasteiger partial charge >= 0.3 is 17.9 Å². The van der Waals surface area contributed by atoms with Crippen molar-refractivity contribution >= 4 is 17.9 Å². The molecule has 0 radical (unpaired) electrons. The van der Waals surface area contributed by atoms with Crippen LogP contribution in [0, 0.1) is 0 Å². The highest BCUT2D eigenvalue weighted by molar-refractivity contribution is 5.66. The molecule has 178 valence electrons. The minimum atomic E-state index is -0.745. The number of rotatable bonds is 21. The summed E-state index contributed by atoms with van der Waals surface area (Å²) in [6, 6.07) is 0. The van der Waals surface area contributed by atoms with Crippen molar-refractivity contribution in [2.45, 2.75) is 135 Å². The molecular formula is C24H46O6. The van der Waals surface area contributed by atoms with Crippen LogP contribution in [0.25, 0.3) is 0 Å². The van der Waals surface area contributed by atoms with Crippen LogP contribution in [0.15, 0.2) is 0 Å². The second kappa shape index (κ2) is 25.4. The van der Waals surface area contributed by atoms with Crippen molar-refractivity contribution < 1.29 is 29.7 Å². The van der Waals surface area contributed by atoms with Crippen molar-refractivity contribution in [3.63, 3.8) is 0 Å². The Balaban J connectivity index is 0. The third kappa shape index (κ3) is 34.0. The smallest absolute Gasteiger partial charge is 0.303 e. The average molecular weight is 431 g/mol. The van der Waals surface area contributed by atoms with Crippen LogP contribution >= 0.6 is 0 Å². The molecule has 0 aromatic heterocycles. The van der Waals surface area contributed by atoms with E-state index in [9.17, 15) is 14.4 Å². The van der Waals surface area contributed by atoms with Crippen LogP contribution in [-0.2, 0) is 14.4 Å². The molecule has 0 saturated carbocycles. The molecule has 30 heavy (non-hydrogen) atoms. The van der Waals surface area contributed by atoms with E-state index >= 15 is 0 Å². The maximum absolute atomic E-state index is 10.4. The Kier molecular flexibility index (Phi) is 26.0. The van der Waals surface area contributed by atoms with Gasteiger partial charge in [-0.3, -0.25) is 14.4 Å². The summed E-state index contributed by atoms with van der Waals surface area (Å²) in [6.45, 7) is 1.60. The van der Waals surface area contributed by atoms with Crippen molar-refractivity contribution in [1.82, 2.24) is 0 Å². The second-order valence-corrected chi connectivity index (χ2v) is 8.05. The first-order valence-electron chi connectivity index (χ1n) is 12.1. The molecule has 0 heterocycles. The summed E-state index contributed by atoms with van der Waals surface area (Å²) in [6.07, 6.45) is 21.6. The molecule has 0 aromatic rings. The van der Waals surface area contributed by atoms with E-state index in [-0.39, 0.29) is 6.42 Å². The van der Waals surface area contributed by atoms with E-state index in [0.29, 0.717) is 12.8 Å². The summed E-state index contributed by atoms with van der Waals surface area (Å²) < 4.78 is 0. The van der Waals surface area contributed by atoms with E-state index in [4.69, 9.17) is 15.3 Å². The molecular weight excluding hydrogens is 384 g/mol. The molecule has 0 atom stereocenters. The Morgan fingerprint density at radius 3 is 0.700 bits per heavy atom. The quantitative estimate of drug-likeness (QED) is 0.168. The predicted molar refractivity (Wildman–Crippen MR) is 121 cm³/mol. The zero-order chi connectivity index (χ0) is 22.9. The number of unbranched alkanes of at least 4 members (excludes halogenated alkanes) is 16. The summed E-state index contributed by atoms with van der Waals surface area (Å²) in [5, 5.41) is 24.8. The molecule has 0 aliphatic rings. The first-order chi connectivity index (χ1) is 14.4. The first-order valence-corrected chi connectivity index (χ1v) is 12.1. The molecule has 6 heteroatoms. The number of aliphatic carboxylic acids is 3. The number of carboxylic acids is 3. The van der Waals surface area contributed by atoms with Gasteiger partial charge in [0.25, 0.3) is 0 Å². The fourth-order valence-electron chi connectivity index (χ4n) is 3.20. The first kappa shape index (κ1) is 30.6. The van der Waals surface area contributed by atoms with Crippen molar-refractivity contribution in [1.29, 1.82) is 0 Å². The van der Waals surface area contributed by atoms with Gasteiger partial charge in [0.05, 0.1) is 0 Å². The molecule has 0 spiro atoms. The highest BCUT2D eigenvalue weighted by atomic mass is 16.4. The van der Waals surface area contributed by atoms with E-state index in [1.165, 1.54) is 83.5 Å². The highest BCUT2D eigenvalue weighted by Crippen LogP contribution is 2.14. The average Bonchev–Trinajstić information content (AvgIpc) is 2.69. The van der Waals surface area contributed by atoms with Crippen LogP contribution in [0.3, 0.4) is 0 Å². The topological polar surface area (TPSA) is 112 Å². The van der Waals surface area contributed by atoms with E-state index in [2.05, 4.69) is 0 Å². The molecule has 3 N–H and O–H groups in total. The second-order valence-electron chi connectivity index (χ2n) is 8.05. The molecule has 0 aliphatic heterocycles. The molecule has 6 nitrogen and oxygen atoms in total. The highest BCUT2D eigenvalue weighted by Gasteiger charge is 1.98. The summed E-state index contributed by atoms with van der Waals surface area (Å²) in [5.74, 6) is -2.09. The Morgan fingerprint density at radius 2 is 0.567 bits per heavy atom. The normalized spacial score (nSPS) is 10.3. The van der Waals surface area contributed by atoms with E-state index in [0.717, 1.165) is 25.7 Å². The lowest BCUT2D eigenvalue weighted by Gasteiger charge is -2.03. The zero-order valence-electron chi connectivity index (χ0n) is 19.2. The Morgan fingerprint density at radius 1 is 0.400 bits per heavy atom. The van der Waals surface area contributed by atoms with Crippen LogP contribution in [0.5, 0.6) is 0 Å². The Labute approximate surface area is 183 Å². The number of carbonyl (C=O) groups is 3. The van der Waals surface area contributed by atoms with Gasteiger partial charge in [0.15, 0.2) is 0 Å². The number of hydrogen-bond acceptors (Lipinski definition) is 3. The van der Waals surface area contributed by atoms with Crippen molar-refractivity contribution in [2.75, 3.05) is 0 Å². The van der Waals surface area contributed by atoms with Gasteiger partial charge in [0.1, 0.15) is 0 Å². The number of hydrogen-bond donors (Lipinski definition) is 3. The maximum atomic E-state index is 10.4. The third-order valence-electron chi connectivity index (χ3n) is 5.08. The standard InChI is InChI=1S/C21H40O4.C3H6O2/c22-20(23)18-16-14-12-10-8-6-4-2-1-3-5-7-9-11-13-15-17-19-21(24)25;1-2-3(4)5/h1-19H2,(H,22,23)(H,24,25);2H2,1H3,(H,4,5). The van der Waals surface area contributed by atoms with Gasteiger partial charge < -0.3 is 15.3 Å². The van der Waals surface area contributed by atoms with Crippen LogP contribution in [0.2, 0.25) is 0 Å². The molecule has 0 saturated heterocycles. The van der Waals surface area contributed by atoms with Crippen LogP contribution in [0.1, 0.15) is 135 Å². The SMILES string of the molecule is CCC(=O)O.O=C(O)CCCCCCCCCCCCCCCCCCCC(=O)O. The lowest BCUT2D eigenvalue weighted by molar-refractivity contribution is -0.138. The van der Waals surface area contributed by atoms with Gasteiger partial charge in [-0.25, -0.2) is 0 Å². The summed E-state index contributed by atoms with van der Waals surface area (Å²) in [5.41, 5.74) is 0. The van der Waals surface area contributed by atoms with Gasteiger partial charge in [-0.15, -0.1) is 0 Å². The zero-order valence-corrected chi connectivity index (χ0v) is 19.2. The van der Waals surface area contributed by atoms with E-state index in [1.54, 1.807) is 6.92 Å². The monoisotopic (exact) mass is 430 g/mol. The minimum absolute atomic E-state index is 0.222. The van der Waals surface area contributed by atoms with Crippen molar-refractivity contribution in [3.8, 4) is 0 Å². The van der Waals surface area contributed by atoms with Gasteiger partial charge in [0.2, 0.25) is 0 Å². The third-order valence-corrected chi connectivity index (χ3v) is 5.08. The molecule has 0 bridgehead atoms. The lowest BCUT2D eigenvalue weighted by Crippen LogP contribution is -1.93. The maximum Gasteiger partial charge on any atom is 0.303 e. The Hall–Kier alpha value is -1.59. The molecule has 0 rings (SSSR count). The molecule has 0 aliphatic carbocycles. The lowest BCUT2D eigenvalue weighted by atomic mass is 10.0. The molecule has 0 fully saturated rings. The summed E-state index contributed by atoms with van der Waals surface area (Å²) in [4.78, 5) is 30.1.